The molecule has 0 radical (unpaired) electrons. The van der Waals surface area contributed by atoms with E-state index in [0.717, 1.165) is 11.1 Å². The average Bonchev–Trinajstić information content (AvgIpc) is 3.50. The van der Waals surface area contributed by atoms with Gasteiger partial charge in [0.05, 0.1) is 18.8 Å². The third kappa shape index (κ3) is 3.37. The molecule has 4 aromatic rings. The predicted molar refractivity (Wildman–Crippen MR) is 122 cm³/mol. The normalized spacial score (nSPS) is 15.6. The largest absolute Gasteiger partial charge is 0.507 e. The number of nitrogens with one attached hydrogen (secondary N) is 1. The minimum absolute atomic E-state index is 0.0505. The Labute approximate surface area is 190 Å². The number of aromatic amines is 1. The Bertz CT molecular complexity index is 1280. The van der Waals surface area contributed by atoms with E-state index in [1.54, 1.807) is 29.4 Å². The molecule has 0 saturated heterocycles. The molecular formula is C25H22ClN3O3. The maximum absolute atomic E-state index is 13.4. The monoisotopic (exact) mass is 447 g/mol. The molecule has 2 aromatic carbocycles. The van der Waals surface area contributed by atoms with Crippen LogP contribution in [0.1, 0.15) is 58.7 Å². The minimum Gasteiger partial charge on any atom is -0.507 e. The number of hydrogen-bond acceptors (Lipinski definition) is 4. The quantitative estimate of drug-likeness (QED) is 0.399. The van der Waals surface area contributed by atoms with Crippen molar-refractivity contribution in [2.45, 2.75) is 32.4 Å². The number of carbonyl (C=O) groups excluding carboxylic acids is 1. The van der Waals surface area contributed by atoms with Gasteiger partial charge in [-0.25, -0.2) is 0 Å². The molecule has 6 nitrogen and oxygen atoms in total. The van der Waals surface area contributed by atoms with Crippen LogP contribution in [0.15, 0.2) is 65.3 Å². The highest BCUT2D eigenvalue weighted by atomic mass is 35.5. The molecule has 1 aliphatic rings. The van der Waals surface area contributed by atoms with Gasteiger partial charge in [-0.2, -0.15) is 5.10 Å². The van der Waals surface area contributed by atoms with Gasteiger partial charge in [-0.05, 0) is 47.4 Å². The summed E-state index contributed by atoms with van der Waals surface area (Å²) in [5, 5.41) is 18.3. The van der Waals surface area contributed by atoms with Crippen LogP contribution < -0.4 is 0 Å². The first-order chi connectivity index (χ1) is 15.4. The molecule has 0 aliphatic carbocycles. The fourth-order valence-corrected chi connectivity index (χ4v) is 4.42. The van der Waals surface area contributed by atoms with Crippen LogP contribution in [-0.2, 0) is 6.54 Å². The molecule has 2 aromatic heterocycles. The zero-order valence-electron chi connectivity index (χ0n) is 17.7. The average molecular weight is 448 g/mol. The topological polar surface area (TPSA) is 82.4 Å². The standard InChI is InChI=1S/C25H22ClN3O3/c1-14(2)15-5-7-16(8-6-15)24-21-22(19-12-17(26)9-10-20(19)30)27-28-23(21)25(31)29(24)13-18-4-3-11-32-18/h3-12,14,24,30H,13H2,1-2H3,(H,27,28). The van der Waals surface area contributed by atoms with Gasteiger partial charge in [0, 0.05) is 16.1 Å². The van der Waals surface area contributed by atoms with Gasteiger partial charge in [-0.3, -0.25) is 9.89 Å². The molecule has 0 spiro atoms. The second-order valence-electron chi connectivity index (χ2n) is 8.26. The minimum atomic E-state index is -0.393. The van der Waals surface area contributed by atoms with Crippen LogP contribution >= 0.6 is 11.6 Å². The van der Waals surface area contributed by atoms with E-state index in [1.165, 1.54) is 11.6 Å². The van der Waals surface area contributed by atoms with Crippen LogP contribution in [0, 0.1) is 0 Å². The molecule has 0 fully saturated rings. The number of halogens is 1. The van der Waals surface area contributed by atoms with Crippen molar-refractivity contribution < 1.29 is 14.3 Å². The Morgan fingerprint density at radius 3 is 2.66 bits per heavy atom. The summed E-state index contributed by atoms with van der Waals surface area (Å²) in [6, 6.07) is 16.3. The number of fused-ring (bicyclic) bond motifs is 1. The number of hydrogen-bond donors (Lipinski definition) is 2. The summed E-state index contributed by atoms with van der Waals surface area (Å²) in [6.45, 7) is 4.60. The zero-order valence-corrected chi connectivity index (χ0v) is 18.4. The summed E-state index contributed by atoms with van der Waals surface area (Å²) in [5.74, 6) is 0.966. The number of aromatic nitrogens is 2. The molecule has 0 bridgehead atoms. The molecule has 32 heavy (non-hydrogen) atoms. The van der Waals surface area contributed by atoms with Crippen molar-refractivity contribution in [1.29, 1.82) is 0 Å². The van der Waals surface area contributed by atoms with Crippen LogP contribution in [0.5, 0.6) is 5.75 Å². The molecule has 5 rings (SSSR count). The number of carbonyl (C=O) groups is 1. The number of phenolic OH excluding ortho intramolecular Hbond substituents is 1. The maximum atomic E-state index is 13.4. The van der Waals surface area contributed by atoms with Crippen molar-refractivity contribution in [1.82, 2.24) is 15.1 Å². The van der Waals surface area contributed by atoms with Crippen LogP contribution in [0.25, 0.3) is 11.3 Å². The summed E-state index contributed by atoms with van der Waals surface area (Å²) in [6.07, 6.45) is 1.60. The van der Waals surface area contributed by atoms with E-state index in [0.29, 0.717) is 40.2 Å². The Balaban J connectivity index is 1.67. The predicted octanol–water partition coefficient (Wildman–Crippen LogP) is 5.90. The van der Waals surface area contributed by atoms with E-state index in [1.807, 2.05) is 18.2 Å². The first kappa shape index (κ1) is 20.4. The number of benzene rings is 2. The number of nitrogens with zero attached hydrogens (tertiary/aromatic N) is 2. The van der Waals surface area contributed by atoms with Crippen molar-refractivity contribution in [2.75, 3.05) is 0 Å². The highest BCUT2D eigenvalue weighted by Crippen LogP contribution is 2.45. The molecule has 1 atom stereocenters. The van der Waals surface area contributed by atoms with E-state index in [4.69, 9.17) is 16.0 Å². The first-order valence-corrected chi connectivity index (χ1v) is 10.8. The van der Waals surface area contributed by atoms with Crippen molar-refractivity contribution >= 4 is 17.5 Å². The number of amides is 1. The fourth-order valence-electron chi connectivity index (χ4n) is 4.24. The highest BCUT2D eigenvalue weighted by molar-refractivity contribution is 6.31. The summed E-state index contributed by atoms with van der Waals surface area (Å²) >= 11 is 6.20. The Hall–Kier alpha value is -3.51. The number of furan rings is 1. The summed E-state index contributed by atoms with van der Waals surface area (Å²) in [5.41, 5.74) is 4.29. The lowest BCUT2D eigenvalue weighted by molar-refractivity contribution is 0.0717. The number of phenols is 1. The third-order valence-corrected chi connectivity index (χ3v) is 6.14. The number of H-pyrrole nitrogens is 1. The summed E-state index contributed by atoms with van der Waals surface area (Å²) < 4.78 is 5.53. The molecule has 3 heterocycles. The molecule has 7 heteroatoms. The van der Waals surface area contributed by atoms with Gasteiger partial charge >= 0.3 is 0 Å². The summed E-state index contributed by atoms with van der Waals surface area (Å²) in [7, 11) is 0. The van der Waals surface area contributed by atoms with Gasteiger partial charge in [-0.15, -0.1) is 0 Å². The van der Waals surface area contributed by atoms with Gasteiger partial charge < -0.3 is 14.4 Å². The van der Waals surface area contributed by atoms with Crippen LogP contribution in [0.2, 0.25) is 5.02 Å². The molecule has 0 saturated carbocycles. The van der Waals surface area contributed by atoms with Gasteiger partial charge in [0.15, 0.2) is 0 Å². The highest BCUT2D eigenvalue weighted by Gasteiger charge is 2.42. The van der Waals surface area contributed by atoms with Gasteiger partial charge in [0.1, 0.15) is 22.9 Å². The van der Waals surface area contributed by atoms with E-state index in [9.17, 15) is 9.90 Å². The lowest BCUT2D eigenvalue weighted by Gasteiger charge is -2.26. The Morgan fingerprint density at radius 1 is 1.19 bits per heavy atom. The molecule has 162 valence electrons. The van der Waals surface area contributed by atoms with Crippen LogP contribution in [-0.4, -0.2) is 26.1 Å². The Morgan fingerprint density at radius 2 is 1.97 bits per heavy atom. The van der Waals surface area contributed by atoms with E-state index >= 15 is 0 Å². The smallest absolute Gasteiger partial charge is 0.273 e. The SMILES string of the molecule is CC(C)c1ccc(C2c3c(-c4cc(Cl)ccc4O)n[nH]c3C(=O)N2Cc2ccco2)cc1. The van der Waals surface area contributed by atoms with Gasteiger partial charge in [0.25, 0.3) is 5.91 Å². The van der Waals surface area contributed by atoms with Gasteiger partial charge in [-0.1, -0.05) is 49.7 Å². The lowest BCUT2D eigenvalue weighted by Crippen LogP contribution is -2.29. The van der Waals surface area contributed by atoms with Crippen LogP contribution in [0.4, 0.5) is 0 Å². The van der Waals surface area contributed by atoms with Crippen molar-refractivity contribution in [2.24, 2.45) is 0 Å². The molecular weight excluding hydrogens is 426 g/mol. The van der Waals surface area contributed by atoms with E-state index in [-0.39, 0.29) is 11.7 Å². The second kappa shape index (κ2) is 7.88. The fraction of sp³-hybridized carbons (Fsp3) is 0.200. The van der Waals surface area contributed by atoms with Crippen LogP contribution in [0.3, 0.4) is 0 Å². The van der Waals surface area contributed by atoms with Crippen molar-refractivity contribution in [3.05, 3.63) is 94.0 Å². The Kier molecular flexibility index (Phi) is 5.02. The molecule has 1 amide bonds. The molecule has 1 aliphatic heterocycles. The van der Waals surface area contributed by atoms with Gasteiger partial charge in [0.2, 0.25) is 0 Å². The van der Waals surface area contributed by atoms with E-state index < -0.39 is 6.04 Å². The summed E-state index contributed by atoms with van der Waals surface area (Å²) in [4.78, 5) is 15.2. The number of rotatable bonds is 5. The first-order valence-electron chi connectivity index (χ1n) is 10.4. The second-order valence-corrected chi connectivity index (χ2v) is 8.70. The third-order valence-electron chi connectivity index (χ3n) is 5.90. The van der Waals surface area contributed by atoms with E-state index in [2.05, 4.69) is 36.2 Å². The number of aromatic hydroxyl groups is 1. The molecule has 2 N–H and O–H groups in total. The lowest BCUT2D eigenvalue weighted by atomic mass is 9.93. The van der Waals surface area contributed by atoms with Crippen molar-refractivity contribution in [3.63, 3.8) is 0 Å². The zero-order chi connectivity index (χ0) is 22.4. The van der Waals surface area contributed by atoms with Crippen molar-refractivity contribution in [3.8, 4) is 17.0 Å². The maximum Gasteiger partial charge on any atom is 0.273 e. The molecule has 1 unspecified atom stereocenters.